The van der Waals surface area contributed by atoms with Crippen LogP contribution in [-0.2, 0) is 4.79 Å². The zero-order valence-electron chi connectivity index (χ0n) is 10.6. The van der Waals surface area contributed by atoms with Gasteiger partial charge in [-0.2, -0.15) is 0 Å². The van der Waals surface area contributed by atoms with Gasteiger partial charge in [0.25, 0.3) is 0 Å². The van der Waals surface area contributed by atoms with Crippen LogP contribution in [0, 0.1) is 17.8 Å². The van der Waals surface area contributed by atoms with Crippen LogP contribution in [-0.4, -0.2) is 24.4 Å². The lowest BCUT2D eigenvalue weighted by atomic mass is 9.75. The Kier molecular flexibility index (Phi) is 3.95. The second kappa shape index (κ2) is 4.82. The number of hydrogen-bond acceptors (Lipinski definition) is 1. The molecule has 0 saturated heterocycles. The molecule has 0 N–H and O–H groups in total. The van der Waals surface area contributed by atoms with E-state index >= 15 is 0 Å². The van der Waals surface area contributed by atoms with E-state index in [1.54, 1.807) is 6.92 Å². The molecule has 1 aliphatic carbocycles. The lowest BCUT2D eigenvalue weighted by Gasteiger charge is -2.35. The second-order valence-electron chi connectivity index (χ2n) is 5.12. The third-order valence-electron chi connectivity index (χ3n) is 3.62. The lowest BCUT2D eigenvalue weighted by Crippen LogP contribution is -2.36. The Labute approximate surface area is 93.3 Å². The highest BCUT2D eigenvalue weighted by molar-refractivity contribution is 5.72. The molecule has 1 aliphatic rings. The van der Waals surface area contributed by atoms with Crippen molar-refractivity contribution < 1.29 is 4.79 Å². The molecule has 3 atom stereocenters. The van der Waals surface area contributed by atoms with Gasteiger partial charge in [-0.1, -0.05) is 25.5 Å². The first kappa shape index (κ1) is 12.3. The summed E-state index contributed by atoms with van der Waals surface area (Å²) >= 11 is 0. The molecule has 0 aromatic heterocycles. The summed E-state index contributed by atoms with van der Waals surface area (Å²) < 4.78 is 0. The van der Waals surface area contributed by atoms with Crippen molar-refractivity contribution in [3.8, 4) is 0 Å². The largest absolute Gasteiger partial charge is 0.346 e. The highest BCUT2D eigenvalue weighted by Crippen LogP contribution is 2.33. The fourth-order valence-corrected chi connectivity index (χ4v) is 2.61. The average molecular weight is 209 g/mol. The summed E-state index contributed by atoms with van der Waals surface area (Å²) in [4.78, 5) is 13.0. The van der Waals surface area contributed by atoms with Crippen LogP contribution in [0.2, 0.25) is 0 Å². The van der Waals surface area contributed by atoms with Gasteiger partial charge in [0.1, 0.15) is 0 Å². The third kappa shape index (κ3) is 3.08. The van der Waals surface area contributed by atoms with Gasteiger partial charge in [-0.3, -0.25) is 4.79 Å². The Morgan fingerprint density at radius 3 is 2.60 bits per heavy atom. The Morgan fingerprint density at radius 2 is 2.13 bits per heavy atom. The minimum atomic E-state index is 0.167. The van der Waals surface area contributed by atoms with Crippen LogP contribution < -0.4 is 0 Å². The van der Waals surface area contributed by atoms with Gasteiger partial charge < -0.3 is 4.90 Å². The molecule has 0 saturated carbocycles. The van der Waals surface area contributed by atoms with E-state index in [4.69, 9.17) is 0 Å². The molecule has 0 unspecified atom stereocenters. The van der Waals surface area contributed by atoms with Crippen molar-refractivity contribution in [1.29, 1.82) is 0 Å². The van der Waals surface area contributed by atoms with Crippen molar-refractivity contribution in [2.45, 2.75) is 34.1 Å². The van der Waals surface area contributed by atoms with Crippen LogP contribution in [0.4, 0.5) is 0 Å². The molecule has 1 amide bonds. The van der Waals surface area contributed by atoms with Gasteiger partial charge in [0, 0.05) is 20.5 Å². The molecule has 0 aromatic carbocycles. The molecule has 0 aromatic rings. The Hall–Kier alpha value is -0.790. The number of allylic oxidation sites excluding steroid dienone is 2. The molecule has 2 nitrogen and oxygen atoms in total. The van der Waals surface area contributed by atoms with Crippen molar-refractivity contribution in [3.05, 3.63) is 11.6 Å². The molecule has 0 fully saturated rings. The molecule has 0 spiro atoms. The summed E-state index contributed by atoms with van der Waals surface area (Å²) in [6.07, 6.45) is 3.54. The Balaban J connectivity index is 2.65. The molecule has 15 heavy (non-hydrogen) atoms. The monoisotopic (exact) mass is 209 g/mol. The summed E-state index contributed by atoms with van der Waals surface area (Å²) in [5.41, 5.74) is 1.50. The third-order valence-corrected chi connectivity index (χ3v) is 3.62. The van der Waals surface area contributed by atoms with Gasteiger partial charge in [0.15, 0.2) is 0 Å². The maximum Gasteiger partial charge on any atom is 0.219 e. The van der Waals surface area contributed by atoms with Crippen LogP contribution in [0.3, 0.4) is 0 Å². The second-order valence-corrected chi connectivity index (χ2v) is 5.12. The van der Waals surface area contributed by atoms with E-state index in [0.717, 1.165) is 6.54 Å². The predicted octanol–water partition coefficient (Wildman–Crippen LogP) is 2.70. The number of carbonyl (C=O) groups is 1. The number of rotatable bonds is 2. The molecule has 1 rings (SSSR count). The fraction of sp³-hybridized carbons (Fsp3) is 0.769. The Morgan fingerprint density at radius 1 is 1.53 bits per heavy atom. The van der Waals surface area contributed by atoms with E-state index in [1.807, 2.05) is 11.9 Å². The first-order valence-corrected chi connectivity index (χ1v) is 5.80. The van der Waals surface area contributed by atoms with Crippen molar-refractivity contribution >= 4 is 5.91 Å². The average Bonchev–Trinajstić information content (AvgIpc) is 2.10. The van der Waals surface area contributed by atoms with E-state index in [9.17, 15) is 4.79 Å². The summed E-state index contributed by atoms with van der Waals surface area (Å²) in [7, 11) is 1.90. The normalized spacial score (nSPS) is 31.0. The first-order valence-electron chi connectivity index (χ1n) is 5.80. The molecule has 86 valence electrons. The summed E-state index contributed by atoms with van der Waals surface area (Å²) in [6.45, 7) is 9.29. The fourth-order valence-electron chi connectivity index (χ4n) is 2.61. The quantitative estimate of drug-likeness (QED) is 0.640. The van der Waals surface area contributed by atoms with E-state index in [-0.39, 0.29) is 5.91 Å². The van der Waals surface area contributed by atoms with E-state index < -0.39 is 0 Å². The topological polar surface area (TPSA) is 20.3 Å². The van der Waals surface area contributed by atoms with Crippen molar-refractivity contribution in [2.24, 2.45) is 17.8 Å². The van der Waals surface area contributed by atoms with Crippen LogP contribution >= 0.6 is 0 Å². The molecule has 0 aliphatic heterocycles. The van der Waals surface area contributed by atoms with Gasteiger partial charge in [-0.15, -0.1) is 0 Å². The summed E-state index contributed by atoms with van der Waals surface area (Å²) in [6, 6.07) is 0. The Bertz CT molecular complexity index is 270. The molecular formula is C13H23NO. The predicted molar refractivity (Wildman–Crippen MR) is 63.5 cm³/mol. The van der Waals surface area contributed by atoms with Gasteiger partial charge in [0.05, 0.1) is 0 Å². The number of carbonyl (C=O) groups excluding carboxylic acids is 1. The van der Waals surface area contributed by atoms with Crippen LogP contribution in [0.15, 0.2) is 11.6 Å². The van der Waals surface area contributed by atoms with Crippen molar-refractivity contribution in [2.75, 3.05) is 13.6 Å². The molecular weight excluding hydrogens is 186 g/mol. The summed E-state index contributed by atoms with van der Waals surface area (Å²) in [5, 5.41) is 0. The van der Waals surface area contributed by atoms with Crippen molar-refractivity contribution in [1.82, 2.24) is 4.90 Å². The van der Waals surface area contributed by atoms with Crippen LogP contribution in [0.25, 0.3) is 0 Å². The van der Waals surface area contributed by atoms with Gasteiger partial charge in [-0.25, -0.2) is 0 Å². The molecule has 0 radical (unpaired) electrons. The standard InChI is InChI=1S/C13H23NO/c1-9-6-10(2)13(11(3)7-9)8-14(5)12(4)15/h6,10-11,13H,7-8H2,1-5H3/t10-,11+,13+/m0/s1. The zero-order chi connectivity index (χ0) is 11.6. The highest BCUT2D eigenvalue weighted by atomic mass is 16.2. The zero-order valence-corrected chi connectivity index (χ0v) is 10.6. The molecule has 0 bridgehead atoms. The number of amides is 1. The van der Waals surface area contributed by atoms with E-state index in [0.29, 0.717) is 17.8 Å². The molecule has 2 heteroatoms. The minimum Gasteiger partial charge on any atom is -0.346 e. The first-order chi connectivity index (χ1) is 6.91. The highest BCUT2D eigenvalue weighted by Gasteiger charge is 2.28. The minimum absolute atomic E-state index is 0.167. The smallest absolute Gasteiger partial charge is 0.219 e. The van der Waals surface area contributed by atoms with Crippen molar-refractivity contribution in [3.63, 3.8) is 0 Å². The lowest BCUT2D eigenvalue weighted by molar-refractivity contribution is -0.128. The van der Waals surface area contributed by atoms with Gasteiger partial charge in [0.2, 0.25) is 5.91 Å². The maximum atomic E-state index is 11.2. The van der Waals surface area contributed by atoms with Gasteiger partial charge >= 0.3 is 0 Å². The SMILES string of the molecule is CC(=O)N(C)C[C@H]1[C@H](C)CC(C)=C[C@@H]1C. The number of hydrogen-bond donors (Lipinski definition) is 0. The molecule has 0 heterocycles. The van der Waals surface area contributed by atoms with E-state index in [1.165, 1.54) is 12.0 Å². The maximum absolute atomic E-state index is 11.2. The van der Waals surface area contributed by atoms with E-state index in [2.05, 4.69) is 26.8 Å². The van der Waals surface area contributed by atoms with Gasteiger partial charge in [-0.05, 0) is 31.1 Å². The summed E-state index contributed by atoms with van der Waals surface area (Å²) in [5.74, 6) is 2.06. The van der Waals surface area contributed by atoms with Crippen LogP contribution in [0.1, 0.15) is 34.1 Å². The number of nitrogens with zero attached hydrogens (tertiary/aromatic N) is 1. The van der Waals surface area contributed by atoms with Crippen LogP contribution in [0.5, 0.6) is 0 Å².